The summed E-state index contributed by atoms with van der Waals surface area (Å²) >= 11 is 0. The maximum atomic E-state index is 5.97. The van der Waals surface area contributed by atoms with E-state index in [9.17, 15) is 0 Å². The summed E-state index contributed by atoms with van der Waals surface area (Å²) in [6, 6.07) is 6.47. The lowest BCUT2D eigenvalue weighted by Crippen LogP contribution is -2.30. The van der Waals surface area contributed by atoms with Crippen molar-refractivity contribution in [3.05, 3.63) is 29.3 Å². The van der Waals surface area contributed by atoms with Crippen LogP contribution in [0.15, 0.2) is 23.2 Å². The molecule has 0 amide bonds. The fourth-order valence-corrected chi connectivity index (χ4v) is 3.05. The lowest BCUT2D eigenvalue weighted by atomic mass is 10.0. The molecule has 0 radical (unpaired) electrons. The first kappa shape index (κ1) is 13.4. The van der Waals surface area contributed by atoms with Crippen molar-refractivity contribution >= 4 is 11.6 Å². The second-order valence-electron chi connectivity index (χ2n) is 6.07. The van der Waals surface area contributed by atoms with Gasteiger partial charge in [-0.2, -0.15) is 0 Å². The van der Waals surface area contributed by atoms with Crippen molar-refractivity contribution in [3.8, 4) is 0 Å². The lowest BCUT2D eigenvalue weighted by molar-refractivity contribution is 0.0284. The van der Waals surface area contributed by atoms with E-state index in [4.69, 9.17) is 10.5 Å². The van der Waals surface area contributed by atoms with E-state index >= 15 is 0 Å². The van der Waals surface area contributed by atoms with Gasteiger partial charge in [-0.1, -0.05) is 6.07 Å². The van der Waals surface area contributed by atoms with Gasteiger partial charge in [0, 0.05) is 12.3 Å². The zero-order valence-electron chi connectivity index (χ0n) is 12.1. The van der Waals surface area contributed by atoms with E-state index in [1.165, 1.54) is 30.4 Å². The van der Waals surface area contributed by atoms with Crippen molar-refractivity contribution in [3.63, 3.8) is 0 Å². The number of nitrogens with one attached hydrogen (secondary N) is 1. The number of guanidine groups is 1. The fraction of sp³-hybridized carbons (Fsp3) is 0.562. The van der Waals surface area contributed by atoms with Crippen LogP contribution in [0.2, 0.25) is 0 Å². The molecule has 1 aliphatic heterocycles. The third-order valence-electron chi connectivity index (χ3n) is 4.26. The number of nitrogens with two attached hydrogens (primary N) is 1. The van der Waals surface area contributed by atoms with Gasteiger partial charge in [0.1, 0.15) is 0 Å². The zero-order valence-corrected chi connectivity index (χ0v) is 12.1. The summed E-state index contributed by atoms with van der Waals surface area (Å²) in [6.07, 6.45) is 5.81. The molecule has 1 saturated heterocycles. The summed E-state index contributed by atoms with van der Waals surface area (Å²) in [5.74, 6) is 0.472. The SMILES string of the molecule is CC1(CN=C(N)Nc2ccc3c(c2)CCC3)CCCO1. The van der Waals surface area contributed by atoms with Gasteiger partial charge in [-0.25, -0.2) is 0 Å². The molecular formula is C16H23N3O. The van der Waals surface area contributed by atoms with Crippen LogP contribution in [-0.2, 0) is 17.6 Å². The molecule has 1 aromatic carbocycles. The highest BCUT2D eigenvalue weighted by molar-refractivity contribution is 5.92. The van der Waals surface area contributed by atoms with Crippen molar-refractivity contribution < 1.29 is 4.74 Å². The number of hydrogen-bond acceptors (Lipinski definition) is 2. The van der Waals surface area contributed by atoms with Crippen LogP contribution in [0.4, 0.5) is 5.69 Å². The average Bonchev–Trinajstić information content (AvgIpc) is 3.05. The Morgan fingerprint density at radius 2 is 2.20 bits per heavy atom. The predicted molar refractivity (Wildman–Crippen MR) is 82.2 cm³/mol. The van der Waals surface area contributed by atoms with Gasteiger partial charge in [0.15, 0.2) is 5.96 Å². The minimum atomic E-state index is -0.135. The van der Waals surface area contributed by atoms with E-state index in [2.05, 4.69) is 35.4 Å². The number of aliphatic imine (C=N–C) groups is 1. The number of anilines is 1. The number of benzene rings is 1. The van der Waals surface area contributed by atoms with Gasteiger partial charge in [-0.3, -0.25) is 4.99 Å². The lowest BCUT2D eigenvalue weighted by Gasteiger charge is -2.20. The zero-order chi connectivity index (χ0) is 14.0. The van der Waals surface area contributed by atoms with E-state index in [0.29, 0.717) is 12.5 Å². The second-order valence-corrected chi connectivity index (χ2v) is 6.07. The summed E-state index contributed by atoms with van der Waals surface area (Å²) in [4.78, 5) is 4.43. The highest BCUT2D eigenvalue weighted by Crippen LogP contribution is 2.26. The molecule has 1 atom stereocenters. The Labute approximate surface area is 120 Å². The Hall–Kier alpha value is -1.55. The van der Waals surface area contributed by atoms with Crippen molar-refractivity contribution in [2.24, 2.45) is 10.7 Å². The maximum absolute atomic E-state index is 5.97. The quantitative estimate of drug-likeness (QED) is 0.657. The molecule has 1 aliphatic carbocycles. The third kappa shape index (κ3) is 2.96. The highest BCUT2D eigenvalue weighted by atomic mass is 16.5. The first-order valence-electron chi connectivity index (χ1n) is 7.47. The minimum absolute atomic E-state index is 0.135. The molecule has 4 nitrogen and oxygen atoms in total. The number of ether oxygens (including phenoxy) is 1. The smallest absolute Gasteiger partial charge is 0.193 e. The monoisotopic (exact) mass is 273 g/mol. The molecule has 2 aliphatic rings. The molecule has 4 heteroatoms. The number of fused-ring (bicyclic) bond motifs is 1. The number of nitrogens with zero attached hydrogens (tertiary/aromatic N) is 1. The van der Waals surface area contributed by atoms with Crippen LogP contribution in [0.5, 0.6) is 0 Å². The summed E-state index contributed by atoms with van der Waals surface area (Å²) in [6.45, 7) is 3.56. The van der Waals surface area contributed by atoms with Gasteiger partial charge in [0.25, 0.3) is 0 Å². The molecule has 1 aromatic rings. The molecule has 0 bridgehead atoms. The van der Waals surface area contributed by atoms with Gasteiger partial charge < -0.3 is 15.8 Å². The van der Waals surface area contributed by atoms with Crippen LogP contribution in [0.25, 0.3) is 0 Å². The van der Waals surface area contributed by atoms with E-state index < -0.39 is 0 Å². The predicted octanol–water partition coefficient (Wildman–Crippen LogP) is 2.47. The van der Waals surface area contributed by atoms with E-state index in [1.54, 1.807) is 0 Å². The van der Waals surface area contributed by atoms with Gasteiger partial charge in [0.2, 0.25) is 0 Å². The maximum Gasteiger partial charge on any atom is 0.193 e. The summed E-state index contributed by atoms with van der Waals surface area (Å²) < 4.78 is 5.71. The number of aryl methyl sites for hydroxylation is 2. The molecule has 3 rings (SSSR count). The Bertz CT molecular complexity index is 518. The molecule has 0 spiro atoms. The van der Waals surface area contributed by atoms with Gasteiger partial charge in [-0.15, -0.1) is 0 Å². The van der Waals surface area contributed by atoms with Crippen LogP contribution in [0.1, 0.15) is 37.3 Å². The first-order chi connectivity index (χ1) is 9.65. The fourth-order valence-electron chi connectivity index (χ4n) is 3.05. The van der Waals surface area contributed by atoms with E-state index in [0.717, 1.165) is 25.1 Å². The standard InChI is InChI=1S/C16H23N3O/c1-16(8-3-9-20-16)11-18-15(17)19-14-7-6-12-4-2-5-13(12)10-14/h6-7,10H,2-5,8-9,11H2,1H3,(H3,17,18,19). The Balaban J connectivity index is 1.62. The molecule has 20 heavy (non-hydrogen) atoms. The number of hydrogen-bond donors (Lipinski definition) is 2. The summed E-state index contributed by atoms with van der Waals surface area (Å²) in [5, 5.41) is 3.18. The van der Waals surface area contributed by atoms with Gasteiger partial charge in [-0.05, 0) is 62.3 Å². The van der Waals surface area contributed by atoms with Crippen molar-refractivity contribution in [1.82, 2.24) is 0 Å². The van der Waals surface area contributed by atoms with Gasteiger partial charge in [0.05, 0.1) is 12.1 Å². The van der Waals surface area contributed by atoms with Crippen molar-refractivity contribution in [2.45, 2.75) is 44.6 Å². The number of rotatable bonds is 3. The van der Waals surface area contributed by atoms with E-state index in [1.807, 2.05) is 0 Å². The molecule has 1 heterocycles. The molecular weight excluding hydrogens is 250 g/mol. The average molecular weight is 273 g/mol. The molecule has 1 fully saturated rings. The van der Waals surface area contributed by atoms with Crippen molar-refractivity contribution in [1.29, 1.82) is 0 Å². The van der Waals surface area contributed by atoms with Crippen LogP contribution in [0, 0.1) is 0 Å². The normalized spacial score (nSPS) is 25.8. The molecule has 0 aromatic heterocycles. The van der Waals surface area contributed by atoms with E-state index in [-0.39, 0.29) is 5.60 Å². The van der Waals surface area contributed by atoms with Crippen LogP contribution < -0.4 is 11.1 Å². The second kappa shape index (κ2) is 5.44. The van der Waals surface area contributed by atoms with Crippen LogP contribution >= 0.6 is 0 Å². The largest absolute Gasteiger partial charge is 0.373 e. The molecule has 1 unspecified atom stereocenters. The topological polar surface area (TPSA) is 59.6 Å². The van der Waals surface area contributed by atoms with Crippen LogP contribution in [-0.4, -0.2) is 24.7 Å². The molecule has 0 saturated carbocycles. The first-order valence-corrected chi connectivity index (χ1v) is 7.47. The Kier molecular flexibility index (Phi) is 3.66. The third-order valence-corrected chi connectivity index (χ3v) is 4.26. The van der Waals surface area contributed by atoms with Gasteiger partial charge >= 0.3 is 0 Å². The molecule has 3 N–H and O–H groups in total. The van der Waals surface area contributed by atoms with Crippen molar-refractivity contribution in [2.75, 3.05) is 18.5 Å². The summed E-state index contributed by atoms with van der Waals surface area (Å²) in [7, 11) is 0. The molecule has 108 valence electrons. The highest BCUT2D eigenvalue weighted by Gasteiger charge is 2.29. The van der Waals surface area contributed by atoms with Crippen LogP contribution in [0.3, 0.4) is 0 Å². The Morgan fingerprint density at radius 1 is 1.35 bits per heavy atom. The minimum Gasteiger partial charge on any atom is -0.373 e. The summed E-state index contributed by atoms with van der Waals surface area (Å²) in [5.41, 5.74) is 9.78. The Morgan fingerprint density at radius 3 is 3.00 bits per heavy atom.